The normalized spacial score (nSPS) is 15.1. The first-order valence-electron chi connectivity index (χ1n) is 7.15. The zero-order chi connectivity index (χ0) is 16.1. The molecule has 1 fully saturated rings. The molecule has 1 aromatic carbocycles. The molecule has 22 heavy (non-hydrogen) atoms. The Morgan fingerprint density at radius 2 is 1.45 bits per heavy atom. The van der Waals surface area contributed by atoms with Gasteiger partial charge in [0.25, 0.3) is 0 Å². The number of hydrogen-bond donors (Lipinski definition) is 4. The highest BCUT2D eigenvalue weighted by molar-refractivity contribution is 5.98. The van der Waals surface area contributed by atoms with Gasteiger partial charge in [0.1, 0.15) is 0 Å². The quantitative estimate of drug-likeness (QED) is 0.682. The van der Waals surface area contributed by atoms with E-state index in [1.807, 2.05) is 0 Å². The van der Waals surface area contributed by atoms with Crippen LogP contribution in [-0.4, -0.2) is 34.2 Å². The van der Waals surface area contributed by atoms with Gasteiger partial charge in [-0.2, -0.15) is 0 Å². The van der Waals surface area contributed by atoms with Crippen LogP contribution in [0, 0.1) is 0 Å². The molecule has 118 valence electrons. The number of rotatable bonds is 4. The molecule has 0 aliphatic heterocycles. The van der Waals surface area contributed by atoms with Crippen LogP contribution in [0.1, 0.15) is 52.8 Å². The van der Waals surface area contributed by atoms with Crippen LogP contribution < -0.4 is 10.6 Å². The lowest BCUT2D eigenvalue weighted by Gasteiger charge is -2.22. The number of anilines is 1. The number of carboxylic acid groups (broad SMARTS) is 2. The summed E-state index contributed by atoms with van der Waals surface area (Å²) in [6, 6.07) is 3.17. The number of aromatic carboxylic acids is 2. The van der Waals surface area contributed by atoms with Gasteiger partial charge >= 0.3 is 18.0 Å². The van der Waals surface area contributed by atoms with E-state index in [-0.39, 0.29) is 22.9 Å². The van der Waals surface area contributed by atoms with Crippen LogP contribution in [0.5, 0.6) is 0 Å². The topological polar surface area (TPSA) is 116 Å². The molecule has 0 unspecified atom stereocenters. The van der Waals surface area contributed by atoms with Gasteiger partial charge in [-0.25, -0.2) is 14.4 Å². The second-order valence-electron chi connectivity index (χ2n) is 5.34. The average molecular weight is 306 g/mol. The number of amides is 2. The summed E-state index contributed by atoms with van der Waals surface area (Å²) < 4.78 is 0. The number of benzene rings is 1. The van der Waals surface area contributed by atoms with E-state index < -0.39 is 18.0 Å². The Labute approximate surface area is 127 Å². The SMILES string of the molecule is O=C(Nc1cc(C(=O)O)cc(C(=O)O)c1)NC1CCCCC1. The number of carbonyl (C=O) groups is 3. The first-order chi connectivity index (χ1) is 10.5. The van der Waals surface area contributed by atoms with Crippen LogP contribution in [0.15, 0.2) is 18.2 Å². The fourth-order valence-electron chi connectivity index (χ4n) is 2.55. The summed E-state index contributed by atoms with van der Waals surface area (Å²) >= 11 is 0. The molecular weight excluding hydrogens is 288 g/mol. The molecular formula is C15H18N2O5. The van der Waals surface area contributed by atoms with Crippen LogP contribution in [0.2, 0.25) is 0 Å². The molecule has 2 rings (SSSR count). The number of hydrogen-bond acceptors (Lipinski definition) is 3. The maximum Gasteiger partial charge on any atom is 0.335 e. The smallest absolute Gasteiger partial charge is 0.335 e. The van der Waals surface area contributed by atoms with E-state index in [1.54, 1.807) is 0 Å². The first-order valence-corrected chi connectivity index (χ1v) is 7.15. The van der Waals surface area contributed by atoms with E-state index in [1.165, 1.54) is 18.6 Å². The monoisotopic (exact) mass is 306 g/mol. The van der Waals surface area contributed by atoms with Gasteiger partial charge in [-0.15, -0.1) is 0 Å². The van der Waals surface area contributed by atoms with Gasteiger partial charge in [-0.05, 0) is 31.0 Å². The summed E-state index contributed by atoms with van der Waals surface area (Å²) in [4.78, 5) is 33.9. The van der Waals surface area contributed by atoms with Crippen LogP contribution in [-0.2, 0) is 0 Å². The van der Waals surface area contributed by atoms with Crippen molar-refractivity contribution in [1.82, 2.24) is 5.32 Å². The second kappa shape index (κ2) is 6.93. The number of carbonyl (C=O) groups excluding carboxylic acids is 1. The van der Waals surface area contributed by atoms with Crippen molar-refractivity contribution in [3.63, 3.8) is 0 Å². The minimum absolute atomic E-state index is 0.107. The lowest BCUT2D eigenvalue weighted by molar-refractivity contribution is 0.0696. The molecule has 0 atom stereocenters. The molecule has 0 spiro atoms. The maximum atomic E-state index is 11.9. The number of carboxylic acids is 2. The van der Waals surface area contributed by atoms with Gasteiger partial charge in [0.2, 0.25) is 0 Å². The van der Waals surface area contributed by atoms with Crippen molar-refractivity contribution >= 4 is 23.7 Å². The van der Waals surface area contributed by atoms with Gasteiger partial charge in [0.15, 0.2) is 0 Å². The fourth-order valence-corrected chi connectivity index (χ4v) is 2.55. The van der Waals surface area contributed by atoms with Crippen molar-refractivity contribution in [3.8, 4) is 0 Å². The molecule has 1 saturated carbocycles. The van der Waals surface area contributed by atoms with Crippen LogP contribution in [0.4, 0.5) is 10.5 Å². The highest BCUT2D eigenvalue weighted by atomic mass is 16.4. The summed E-state index contributed by atoms with van der Waals surface area (Å²) in [5.41, 5.74) is -0.230. The van der Waals surface area contributed by atoms with Crippen molar-refractivity contribution in [2.45, 2.75) is 38.1 Å². The molecule has 0 saturated heterocycles. The minimum atomic E-state index is -1.25. The van der Waals surface area contributed by atoms with E-state index in [2.05, 4.69) is 10.6 Å². The average Bonchev–Trinajstić information content (AvgIpc) is 2.47. The number of nitrogens with one attached hydrogen (secondary N) is 2. The van der Waals surface area contributed by atoms with E-state index in [4.69, 9.17) is 10.2 Å². The summed E-state index contributed by atoms with van der Waals surface area (Å²) in [7, 11) is 0. The largest absolute Gasteiger partial charge is 0.478 e. The molecule has 0 heterocycles. The van der Waals surface area contributed by atoms with Crippen molar-refractivity contribution in [1.29, 1.82) is 0 Å². The molecule has 1 aliphatic rings. The third kappa shape index (κ3) is 4.21. The summed E-state index contributed by atoms with van der Waals surface area (Å²) in [5, 5.41) is 23.3. The van der Waals surface area contributed by atoms with E-state index in [0.29, 0.717) is 0 Å². The molecule has 7 nitrogen and oxygen atoms in total. The lowest BCUT2D eigenvalue weighted by atomic mass is 9.96. The van der Waals surface area contributed by atoms with Gasteiger partial charge in [0.05, 0.1) is 11.1 Å². The Kier molecular flexibility index (Phi) is 4.98. The van der Waals surface area contributed by atoms with Gasteiger partial charge in [0, 0.05) is 11.7 Å². The molecule has 0 radical (unpaired) electrons. The Bertz CT molecular complexity index is 561. The number of urea groups is 1. The Morgan fingerprint density at radius 3 is 1.95 bits per heavy atom. The second-order valence-corrected chi connectivity index (χ2v) is 5.34. The fraction of sp³-hybridized carbons (Fsp3) is 0.400. The summed E-state index contributed by atoms with van der Waals surface area (Å²) in [5.74, 6) is -2.50. The molecule has 7 heteroatoms. The summed E-state index contributed by atoms with van der Waals surface area (Å²) in [6.45, 7) is 0. The van der Waals surface area contributed by atoms with Crippen LogP contribution in [0.25, 0.3) is 0 Å². The van der Waals surface area contributed by atoms with Crippen molar-refractivity contribution in [2.75, 3.05) is 5.32 Å². The van der Waals surface area contributed by atoms with E-state index in [9.17, 15) is 14.4 Å². The molecule has 0 aromatic heterocycles. The van der Waals surface area contributed by atoms with Crippen LogP contribution >= 0.6 is 0 Å². The van der Waals surface area contributed by atoms with Gasteiger partial charge < -0.3 is 20.8 Å². The molecule has 2 amide bonds. The zero-order valence-electron chi connectivity index (χ0n) is 12.0. The Hall–Kier alpha value is -2.57. The molecule has 1 aromatic rings. The predicted octanol–water partition coefficient (Wildman–Crippen LogP) is 2.54. The lowest BCUT2D eigenvalue weighted by Crippen LogP contribution is -2.39. The summed E-state index contributed by atoms with van der Waals surface area (Å²) in [6.07, 6.45) is 5.15. The van der Waals surface area contributed by atoms with Crippen molar-refractivity contribution < 1.29 is 24.6 Å². The molecule has 4 N–H and O–H groups in total. The van der Waals surface area contributed by atoms with E-state index >= 15 is 0 Å². The Morgan fingerprint density at radius 1 is 0.909 bits per heavy atom. The molecule has 1 aliphatic carbocycles. The van der Waals surface area contributed by atoms with E-state index in [0.717, 1.165) is 31.7 Å². The first kappa shape index (κ1) is 15.8. The predicted molar refractivity (Wildman–Crippen MR) is 79.4 cm³/mol. The molecule has 0 bridgehead atoms. The third-order valence-corrected chi connectivity index (χ3v) is 3.63. The van der Waals surface area contributed by atoms with Crippen molar-refractivity contribution in [2.24, 2.45) is 0 Å². The highest BCUT2D eigenvalue weighted by Gasteiger charge is 2.17. The standard InChI is InChI=1S/C15H18N2O5/c18-13(19)9-6-10(14(20)21)8-12(7-9)17-15(22)16-11-4-2-1-3-5-11/h6-8,11H,1-5H2,(H,18,19)(H,20,21)(H2,16,17,22). The highest BCUT2D eigenvalue weighted by Crippen LogP contribution is 2.18. The Balaban J connectivity index is 2.08. The van der Waals surface area contributed by atoms with Crippen molar-refractivity contribution in [3.05, 3.63) is 29.3 Å². The van der Waals surface area contributed by atoms with Gasteiger partial charge in [-0.3, -0.25) is 0 Å². The maximum absolute atomic E-state index is 11.9. The zero-order valence-corrected chi connectivity index (χ0v) is 12.0. The van der Waals surface area contributed by atoms with Gasteiger partial charge in [-0.1, -0.05) is 19.3 Å². The van der Waals surface area contributed by atoms with Crippen LogP contribution in [0.3, 0.4) is 0 Å². The third-order valence-electron chi connectivity index (χ3n) is 3.63. The minimum Gasteiger partial charge on any atom is -0.478 e.